The maximum atomic E-state index is 11.3. The van der Waals surface area contributed by atoms with E-state index in [1.807, 2.05) is 0 Å². The number of aliphatic hydroxyl groups is 1. The van der Waals surface area contributed by atoms with Crippen molar-refractivity contribution in [1.82, 2.24) is 5.32 Å². The molecule has 0 aliphatic heterocycles. The van der Waals surface area contributed by atoms with E-state index in [0.29, 0.717) is 0 Å². The van der Waals surface area contributed by atoms with E-state index in [-0.39, 0.29) is 25.9 Å². The molecule has 6 N–H and O–H groups in total. The second-order valence-electron chi connectivity index (χ2n) is 3.45. The minimum Gasteiger partial charge on any atom is -0.480 e. The lowest BCUT2D eigenvalue weighted by Crippen LogP contribution is -2.42. The van der Waals surface area contributed by atoms with Crippen molar-refractivity contribution in [2.45, 2.75) is 31.3 Å². The SMILES string of the molecule is NC(CCC(=O)N[C@@H](CCO)C(=O)O)C(=O)O. The number of aliphatic carboxylic acids is 2. The molecule has 0 radical (unpaired) electrons. The van der Waals surface area contributed by atoms with Gasteiger partial charge in [-0.1, -0.05) is 0 Å². The molecular weight excluding hydrogens is 232 g/mol. The van der Waals surface area contributed by atoms with E-state index in [0.717, 1.165) is 0 Å². The number of nitrogens with two attached hydrogens (primary N) is 1. The molecule has 0 saturated heterocycles. The maximum absolute atomic E-state index is 11.3. The standard InChI is InChI=1S/C9H16N2O6/c10-5(8(14)15)1-2-7(13)11-6(3-4-12)9(16)17/h5-6,12H,1-4,10H2,(H,11,13)(H,14,15)(H,16,17)/t5?,6-/m0/s1. The van der Waals surface area contributed by atoms with Crippen LogP contribution >= 0.6 is 0 Å². The second kappa shape index (κ2) is 7.58. The topological polar surface area (TPSA) is 150 Å². The van der Waals surface area contributed by atoms with Crippen LogP contribution in [0.2, 0.25) is 0 Å². The summed E-state index contributed by atoms with van der Waals surface area (Å²) >= 11 is 0. The first-order chi connectivity index (χ1) is 7.88. The Bertz CT molecular complexity index is 293. The largest absolute Gasteiger partial charge is 0.480 e. The molecule has 1 unspecified atom stereocenters. The van der Waals surface area contributed by atoms with Crippen molar-refractivity contribution in [1.29, 1.82) is 0 Å². The predicted molar refractivity (Wildman–Crippen MR) is 56.1 cm³/mol. The van der Waals surface area contributed by atoms with E-state index in [1.54, 1.807) is 0 Å². The van der Waals surface area contributed by atoms with Crippen molar-refractivity contribution in [3.8, 4) is 0 Å². The highest BCUT2D eigenvalue weighted by Gasteiger charge is 2.20. The average molecular weight is 248 g/mol. The van der Waals surface area contributed by atoms with Crippen LogP contribution in [0.5, 0.6) is 0 Å². The summed E-state index contributed by atoms with van der Waals surface area (Å²) in [6, 6.07) is -2.32. The van der Waals surface area contributed by atoms with Crippen LogP contribution < -0.4 is 11.1 Å². The van der Waals surface area contributed by atoms with Gasteiger partial charge in [-0.05, 0) is 6.42 Å². The van der Waals surface area contributed by atoms with Crippen LogP contribution in [0.25, 0.3) is 0 Å². The maximum Gasteiger partial charge on any atom is 0.326 e. The summed E-state index contributed by atoms with van der Waals surface area (Å²) in [5, 5.41) is 27.9. The van der Waals surface area contributed by atoms with Crippen LogP contribution in [0.15, 0.2) is 0 Å². The molecule has 0 aliphatic carbocycles. The molecule has 0 aromatic carbocycles. The quantitative estimate of drug-likeness (QED) is 0.337. The van der Waals surface area contributed by atoms with E-state index in [4.69, 9.17) is 21.1 Å². The molecule has 1 amide bonds. The molecule has 0 heterocycles. The van der Waals surface area contributed by atoms with Crippen LogP contribution in [-0.4, -0.2) is 51.9 Å². The lowest BCUT2D eigenvalue weighted by molar-refractivity contribution is -0.142. The zero-order chi connectivity index (χ0) is 13.4. The number of hydrogen-bond donors (Lipinski definition) is 5. The van der Waals surface area contributed by atoms with Crippen molar-refractivity contribution >= 4 is 17.8 Å². The van der Waals surface area contributed by atoms with Gasteiger partial charge in [0, 0.05) is 19.4 Å². The summed E-state index contributed by atoms with van der Waals surface area (Å²) in [6.45, 7) is -0.369. The zero-order valence-electron chi connectivity index (χ0n) is 9.13. The molecule has 17 heavy (non-hydrogen) atoms. The number of carboxylic acid groups (broad SMARTS) is 2. The number of nitrogens with one attached hydrogen (secondary N) is 1. The number of aliphatic hydroxyl groups excluding tert-OH is 1. The number of carboxylic acids is 2. The number of carbonyl (C=O) groups is 3. The third kappa shape index (κ3) is 6.48. The molecule has 0 aliphatic rings. The molecule has 0 aromatic heterocycles. The van der Waals surface area contributed by atoms with E-state index >= 15 is 0 Å². The van der Waals surface area contributed by atoms with Crippen LogP contribution in [0.3, 0.4) is 0 Å². The van der Waals surface area contributed by atoms with Gasteiger partial charge in [0.15, 0.2) is 0 Å². The van der Waals surface area contributed by atoms with Gasteiger partial charge < -0.3 is 26.4 Å². The Hall–Kier alpha value is -1.67. The summed E-state index contributed by atoms with van der Waals surface area (Å²) in [5.74, 6) is -3.08. The van der Waals surface area contributed by atoms with Gasteiger partial charge in [0.2, 0.25) is 5.91 Å². The molecule has 0 spiro atoms. The van der Waals surface area contributed by atoms with Gasteiger partial charge in [0.1, 0.15) is 12.1 Å². The Morgan fingerprint density at radius 1 is 1.12 bits per heavy atom. The lowest BCUT2D eigenvalue weighted by Gasteiger charge is -2.13. The van der Waals surface area contributed by atoms with E-state index in [1.165, 1.54) is 0 Å². The Morgan fingerprint density at radius 3 is 2.12 bits per heavy atom. The predicted octanol–water partition coefficient (Wildman–Crippen LogP) is -1.87. The van der Waals surface area contributed by atoms with E-state index in [9.17, 15) is 14.4 Å². The van der Waals surface area contributed by atoms with Gasteiger partial charge in [-0.3, -0.25) is 9.59 Å². The number of amides is 1. The molecule has 2 atom stereocenters. The highest BCUT2D eigenvalue weighted by molar-refractivity contribution is 5.84. The van der Waals surface area contributed by atoms with Crippen molar-refractivity contribution < 1.29 is 29.7 Å². The fourth-order valence-corrected chi connectivity index (χ4v) is 1.06. The fraction of sp³-hybridized carbons (Fsp3) is 0.667. The summed E-state index contributed by atoms with van der Waals surface area (Å²) in [6.07, 6.45) is -0.360. The molecule has 0 fully saturated rings. The van der Waals surface area contributed by atoms with Crippen LogP contribution in [0.4, 0.5) is 0 Å². The van der Waals surface area contributed by atoms with Crippen molar-refractivity contribution in [3.63, 3.8) is 0 Å². The number of hydrogen-bond acceptors (Lipinski definition) is 5. The number of carbonyl (C=O) groups excluding carboxylic acids is 1. The van der Waals surface area contributed by atoms with Crippen LogP contribution in [0, 0.1) is 0 Å². The molecule has 0 bridgehead atoms. The summed E-state index contributed by atoms with van der Waals surface area (Å²) < 4.78 is 0. The van der Waals surface area contributed by atoms with E-state index in [2.05, 4.69) is 5.32 Å². The van der Waals surface area contributed by atoms with Crippen LogP contribution in [0.1, 0.15) is 19.3 Å². The smallest absolute Gasteiger partial charge is 0.326 e. The molecule has 0 saturated carbocycles. The van der Waals surface area contributed by atoms with Crippen molar-refractivity contribution in [2.75, 3.05) is 6.61 Å². The minimum atomic E-state index is -1.25. The van der Waals surface area contributed by atoms with Gasteiger partial charge in [-0.25, -0.2) is 4.79 Å². The van der Waals surface area contributed by atoms with Gasteiger partial charge >= 0.3 is 11.9 Å². The summed E-state index contributed by atoms with van der Waals surface area (Å²) in [5.41, 5.74) is 5.18. The third-order valence-electron chi connectivity index (χ3n) is 2.05. The summed E-state index contributed by atoms with van der Waals surface area (Å²) in [7, 11) is 0. The van der Waals surface area contributed by atoms with Gasteiger partial charge in [-0.15, -0.1) is 0 Å². The molecule has 0 aromatic rings. The molecular formula is C9H16N2O6. The van der Waals surface area contributed by atoms with Gasteiger partial charge in [0.25, 0.3) is 0 Å². The third-order valence-corrected chi connectivity index (χ3v) is 2.05. The summed E-state index contributed by atoms with van der Waals surface area (Å²) in [4.78, 5) is 32.2. The molecule has 0 rings (SSSR count). The molecule has 8 nitrogen and oxygen atoms in total. The minimum absolute atomic E-state index is 0.0768. The molecule has 8 heteroatoms. The van der Waals surface area contributed by atoms with Gasteiger partial charge in [0.05, 0.1) is 0 Å². The van der Waals surface area contributed by atoms with Crippen molar-refractivity contribution in [2.24, 2.45) is 5.73 Å². The zero-order valence-corrected chi connectivity index (χ0v) is 9.13. The number of rotatable bonds is 8. The Kier molecular flexibility index (Phi) is 6.83. The first kappa shape index (κ1) is 15.3. The highest BCUT2D eigenvalue weighted by atomic mass is 16.4. The Balaban J connectivity index is 4.06. The normalized spacial score (nSPS) is 13.8. The first-order valence-corrected chi connectivity index (χ1v) is 5.00. The second-order valence-corrected chi connectivity index (χ2v) is 3.45. The monoisotopic (exact) mass is 248 g/mol. The Morgan fingerprint density at radius 2 is 1.71 bits per heavy atom. The molecule has 98 valence electrons. The van der Waals surface area contributed by atoms with Gasteiger partial charge in [-0.2, -0.15) is 0 Å². The van der Waals surface area contributed by atoms with Crippen molar-refractivity contribution in [3.05, 3.63) is 0 Å². The Labute approximate surface area is 97.4 Å². The average Bonchev–Trinajstić information content (AvgIpc) is 2.24. The highest BCUT2D eigenvalue weighted by Crippen LogP contribution is 1.98. The first-order valence-electron chi connectivity index (χ1n) is 5.00. The lowest BCUT2D eigenvalue weighted by atomic mass is 10.1. The van der Waals surface area contributed by atoms with E-state index < -0.39 is 29.9 Å². The fourth-order valence-electron chi connectivity index (χ4n) is 1.06. The van der Waals surface area contributed by atoms with Crippen LogP contribution in [-0.2, 0) is 14.4 Å².